The minimum absolute atomic E-state index is 0.227. The van der Waals surface area contributed by atoms with Crippen molar-refractivity contribution < 1.29 is 23.5 Å². The first-order valence-electron chi connectivity index (χ1n) is 13.1. The van der Waals surface area contributed by atoms with Gasteiger partial charge in [0.1, 0.15) is 22.7 Å². The maximum absolute atomic E-state index is 14.3. The molecule has 9 heteroatoms. The lowest BCUT2D eigenvalue weighted by Gasteiger charge is -2.35. The van der Waals surface area contributed by atoms with Gasteiger partial charge in [-0.3, -0.25) is 9.36 Å². The summed E-state index contributed by atoms with van der Waals surface area (Å²) in [5.41, 5.74) is 2.07. The minimum Gasteiger partial charge on any atom is -0.444 e. The number of halogens is 2. The Morgan fingerprint density at radius 3 is 2.25 bits per heavy atom. The first kappa shape index (κ1) is 27.7. The number of ether oxygens (including phenoxy) is 2. The van der Waals surface area contributed by atoms with E-state index in [2.05, 4.69) is 15.9 Å². The first-order chi connectivity index (χ1) is 19.0. The van der Waals surface area contributed by atoms with Gasteiger partial charge >= 0.3 is 6.09 Å². The van der Waals surface area contributed by atoms with Crippen LogP contribution in [0.5, 0.6) is 11.6 Å². The van der Waals surface area contributed by atoms with Crippen molar-refractivity contribution in [1.82, 2.24) is 14.4 Å². The number of aryl methyl sites for hydroxylation is 1. The van der Waals surface area contributed by atoms with Crippen molar-refractivity contribution in [3.63, 3.8) is 0 Å². The van der Waals surface area contributed by atoms with Crippen molar-refractivity contribution >= 4 is 38.8 Å². The average Bonchev–Trinajstić information content (AvgIpc) is 3.22. The number of amides is 2. The Labute approximate surface area is 241 Å². The lowest BCUT2D eigenvalue weighted by molar-refractivity contribution is 0.0140. The summed E-state index contributed by atoms with van der Waals surface area (Å²) in [4.78, 5) is 30.1. The van der Waals surface area contributed by atoms with E-state index in [9.17, 15) is 14.0 Å². The molecule has 2 amide bonds. The number of carbonyl (C=O) groups excluding carboxylic acids is 2. The number of rotatable bonds is 4. The molecule has 1 aromatic heterocycles. The molecule has 0 spiro atoms. The standard InChI is InChI=1S/C31H31BrFN3O4/c1-20-10-12-22(33)19-26(20)39-29-27(28(37)34-14-16-35(17-15-34)30(38)40-31(2,3)4)24-13-11-21(32)18-25(24)36(29)23-8-6-5-7-9-23/h5-13,18-19H,14-17H2,1-4H3. The summed E-state index contributed by atoms with van der Waals surface area (Å²) in [5.74, 6) is -0.0397. The Bertz CT molecular complexity index is 1570. The zero-order valence-corrected chi connectivity index (χ0v) is 24.5. The number of nitrogens with zero attached hydrogens (tertiary/aromatic N) is 3. The molecule has 5 rings (SSSR count). The molecule has 0 radical (unpaired) electrons. The van der Waals surface area contributed by atoms with Crippen molar-refractivity contribution in [2.45, 2.75) is 33.3 Å². The van der Waals surface area contributed by atoms with E-state index in [1.165, 1.54) is 12.1 Å². The molecule has 4 aromatic rings. The van der Waals surface area contributed by atoms with Gasteiger partial charge in [0.05, 0.1) is 5.52 Å². The molecule has 7 nitrogen and oxygen atoms in total. The van der Waals surface area contributed by atoms with Crippen LogP contribution in [0.15, 0.2) is 71.2 Å². The maximum Gasteiger partial charge on any atom is 0.410 e. The van der Waals surface area contributed by atoms with Gasteiger partial charge in [-0.15, -0.1) is 0 Å². The molecule has 40 heavy (non-hydrogen) atoms. The lowest BCUT2D eigenvalue weighted by atomic mass is 10.1. The predicted molar refractivity (Wildman–Crippen MR) is 156 cm³/mol. The quantitative estimate of drug-likeness (QED) is 0.244. The molecular formula is C31H31BrFN3O4. The molecule has 0 saturated carbocycles. The fourth-order valence-corrected chi connectivity index (χ4v) is 5.09. The van der Waals surface area contributed by atoms with Gasteiger partial charge in [-0.2, -0.15) is 0 Å². The third-order valence-corrected chi connectivity index (χ3v) is 7.18. The number of aromatic nitrogens is 1. The Hall–Kier alpha value is -3.85. The molecule has 2 heterocycles. The second-order valence-corrected chi connectivity index (χ2v) is 11.7. The fourth-order valence-electron chi connectivity index (χ4n) is 4.74. The first-order valence-corrected chi connectivity index (χ1v) is 13.9. The molecule has 1 fully saturated rings. The lowest BCUT2D eigenvalue weighted by Crippen LogP contribution is -2.51. The molecule has 0 unspecified atom stereocenters. The van der Waals surface area contributed by atoms with E-state index < -0.39 is 17.5 Å². The number of benzene rings is 3. The van der Waals surface area contributed by atoms with Crippen molar-refractivity contribution in [3.8, 4) is 17.3 Å². The smallest absolute Gasteiger partial charge is 0.410 e. The van der Waals surface area contributed by atoms with Crippen LogP contribution in [0, 0.1) is 12.7 Å². The number of fused-ring (bicyclic) bond motifs is 1. The van der Waals surface area contributed by atoms with Crippen LogP contribution in [0.2, 0.25) is 0 Å². The number of piperazine rings is 1. The molecule has 1 aliphatic rings. The summed E-state index contributed by atoms with van der Waals surface area (Å²) in [6, 6.07) is 19.6. The zero-order chi connectivity index (χ0) is 28.6. The molecule has 0 N–H and O–H groups in total. The summed E-state index contributed by atoms with van der Waals surface area (Å²) in [6.45, 7) is 8.69. The Morgan fingerprint density at radius 2 is 1.57 bits per heavy atom. The van der Waals surface area contributed by atoms with Gasteiger partial charge in [-0.25, -0.2) is 9.18 Å². The number of hydrogen-bond donors (Lipinski definition) is 0. The highest BCUT2D eigenvalue weighted by Gasteiger charge is 2.33. The minimum atomic E-state index is -0.598. The van der Waals surface area contributed by atoms with Crippen molar-refractivity contribution in [3.05, 3.63) is 88.1 Å². The Kier molecular flexibility index (Phi) is 7.59. The van der Waals surface area contributed by atoms with Crippen LogP contribution in [0.25, 0.3) is 16.6 Å². The Morgan fingerprint density at radius 1 is 0.900 bits per heavy atom. The number of carbonyl (C=O) groups is 2. The number of para-hydroxylation sites is 1. The monoisotopic (exact) mass is 607 g/mol. The highest BCUT2D eigenvalue weighted by Crippen LogP contribution is 2.40. The van der Waals surface area contributed by atoms with Crippen molar-refractivity contribution in [2.75, 3.05) is 26.2 Å². The third kappa shape index (κ3) is 5.70. The van der Waals surface area contributed by atoms with E-state index in [0.29, 0.717) is 48.8 Å². The summed E-state index contributed by atoms with van der Waals surface area (Å²) in [7, 11) is 0. The van der Waals surface area contributed by atoms with Crippen LogP contribution < -0.4 is 4.74 Å². The largest absolute Gasteiger partial charge is 0.444 e. The summed E-state index contributed by atoms with van der Waals surface area (Å²) in [5, 5.41) is 0.704. The molecule has 208 valence electrons. The van der Waals surface area contributed by atoms with Crippen LogP contribution >= 0.6 is 15.9 Å². The van der Waals surface area contributed by atoms with Gasteiger partial charge in [0, 0.05) is 47.8 Å². The topological polar surface area (TPSA) is 64.0 Å². The van der Waals surface area contributed by atoms with Crippen molar-refractivity contribution in [1.29, 1.82) is 0 Å². The SMILES string of the molecule is Cc1ccc(F)cc1Oc1c(C(=O)N2CCN(C(=O)OC(C)(C)C)CC2)c2ccc(Br)cc2n1-c1ccccc1. The van der Waals surface area contributed by atoms with Gasteiger partial charge in [0.25, 0.3) is 5.91 Å². The second-order valence-electron chi connectivity index (χ2n) is 10.8. The zero-order valence-electron chi connectivity index (χ0n) is 22.9. The van der Waals surface area contributed by atoms with E-state index in [4.69, 9.17) is 9.47 Å². The normalized spacial score (nSPS) is 13.9. The highest BCUT2D eigenvalue weighted by atomic mass is 79.9. The van der Waals surface area contributed by atoms with Gasteiger partial charge in [0.2, 0.25) is 5.88 Å². The molecule has 3 aromatic carbocycles. The van der Waals surface area contributed by atoms with Crippen LogP contribution in [0.4, 0.5) is 9.18 Å². The van der Waals surface area contributed by atoms with E-state index >= 15 is 0 Å². The third-order valence-electron chi connectivity index (χ3n) is 6.69. The average molecular weight is 609 g/mol. The van der Waals surface area contributed by atoms with Crippen LogP contribution in [0.1, 0.15) is 36.7 Å². The molecule has 1 aliphatic heterocycles. The Balaban J connectivity index is 1.59. The van der Waals surface area contributed by atoms with Gasteiger partial charge in [-0.05, 0) is 63.6 Å². The molecular weight excluding hydrogens is 577 g/mol. The maximum atomic E-state index is 14.3. The van der Waals surface area contributed by atoms with Crippen LogP contribution in [-0.2, 0) is 4.74 Å². The van der Waals surface area contributed by atoms with Crippen molar-refractivity contribution in [2.24, 2.45) is 0 Å². The van der Waals surface area contributed by atoms with E-state index in [-0.39, 0.29) is 5.91 Å². The van der Waals surface area contributed by atoms with Crippen LogP contribution in [-0.4, -0.2) is 58.1 Å². The summed E-state index contributed by atoms with van der Waals surface area (Å²) >= 11 is 3.57. The van der Waals surface area contributed by atoms with E-state index in [1.54, 1.807) is 15.9 Å². The predicted octanol–water partition coefficient (Wildman–Crippen LogP) is 7.33. The summed E-state index contributed by atoms with van der Waals surface area (Å²) in [6.07, 6.45) is -0.393. The van der Waals surface area contributed by atoms with E-state index in [0.717, 1.165) is 21.2 Å². The fraction of sp³-hybridized carbons (Fsp3) is 0.290. The molecule has 0 aliphatic carbocycles. The molecule has 0 bridgehead atoms. The van der Waals surface area contributed by atoms with E-state index in [1.807, 2.05) is 80.8 Å². The van der Waals surface area contributed by atoms with Gasteiger partial charge in [0.15, 0.2) is 0 Å². The number of hydrogen-bond acceptors (Lipinski definition) is 4. The second kappa shape index (κ2) is 11.0. The highest BCUT2D eigenvalue weighted by molar-refractivity contribution is 9.10. The van der Waals surface area contributed by atoms with Gasteiger partial charge < -0.3 is 19.3 Å². The molecule has 1 saturated heterocycles. The van der Waals surface area contributed by atoms with Crippen LogP contribution in [0.3, 0.4) is 0 Å². The molecule has 0 atom stereocenters. The summed E-state index contributed by atoms with van der Waals surface area (Å²) < 4.78 is 28.9. The van der Waals surface area contributed by atoms with Gasteiger partial charge in [-0.1, -0.05) is 46.3 Å².